The molecule has 1 atom stereocenters. The van der Waals surface area contributed by atoms with E-state index in [0.29, 0.717) is 10.6 Å². The van der Waals surface area contributed by atoms with Crippen molar-refractivity contribution < 1.29 is 4.39 Å². The smallest absolute Gasteiger partial charge is 0.129 e. The van der Waals surface area contributed by atoms with Crippen molar-refractivity contribution in [3.8, 4) is 6.07 Å². The molecule has 0 aliphatic carbocycles. The van der Waals surface area contributed by atoms with E-state index in [0.717, 1.165) is 26.2 Å². The van der Waals surface area contributed by atoms with E-state index in [2.05, 4.69) is 16.3 Å². The van der Waals surface area contributed by atoms with Crippen molar-refractivity contribution in [1.82, 2.24) is 10.2 Å². The highest BCUT2D eigenvalue weighted by atomic mass is 35.5. The zero-order valence-electron chi connectivity index (χ0n) is 10.00. The molecule has 0 saturated carbocycles. The van der Waals surface area contributed by atoms with Crippen LogP contribution in [0.1, 0.15) is 18.0 Å². The molecule has 0 spiro atoms. The van der Waals surface area contributed by atoms with Gasteiger partial charge in [-0.2, -0.15) is 5.26 Å². The second kappa shape index (κ2) is 6.14. The van der Waals surface area contributed by atoms with Crippen LogP contribution in [0.4, 0.5) is 4.39 Å². The highest BCUT2D eigenvalue weighted by molar-refractivity contribution is 6.31. The van der Waals surface area contributed by atoms with Crippen LogP contribution in [-0.2, 0) is 0 Å². The molecule has 1 aliphatic rings. The molecule has 96 valence electrons. The molecule has 0 bridgehead atoms. The van der Waals surface area contributed by atoms with E-state index >= 15 is 0 Å². The molecule has 3 nitrogen and oxygen atoms in total. The van der Waals surface area contributed by atoms with Gasteiger partial charge in [-0.3, -0.25) is 4.90 Å². The monoisotopic (exact) mass is 267 g/mol. The predicted molar refractivity (Wildman–Crippen MR) is 68.8 cm³/mol. The van der Waals surface area contributed by atoms with Crippen LogP contribution >= 0.6 is 11.6 Å². The minimum atomic E-state index is -0.332. The largest absolute Gasteiger partial charge is 0.314 e. The van der Waals surface area contributed by atoms with Crippen LogP contribution in [-0.4, -0.2) is 31.1 Å². The summed E-state index contributed by atoms with van der Waals surface area (Å²) in [5.41, 5.74) is 0.447. The van der Waals surface area contributed by atoms with Gasteiger partial charge >= 0.3 is 0 Å². The van der Waals surface area contributed by atoms with Crippen molar-refractivity contribution in [3.05, 3.63) is 34.6 Å². The minimum Gasteiger partial charge on any atom is -0.314 e. The van der Waals surface area contributed by atoms with Gasteiger partial charge in [0.15, 0.2) is 0 Å². The number of rotatable bonds is 3. The van der Waals surface area contributed by atoms with Crippen molar-refractivity contribution in [2.45, 2.75) is 12.5 Å². The maximum absolute atomic E-state index is 13.9. The molecule has 1 saturated heterocycles. The normalized spacial score (nSPS) is 18.3. The Bertz CT molecular complexity index is 432. The maximum atomic E-state index is 13.9. The summed E-state index contributed by atoms with van der Waals surface area (Å²) >= 11 is 6.09. The molecule has 1 aromatic carbocycles. The van der Waals surface area contributed by atoms with E-state index in [1.807, 2.05) is 0 Å². The molecule has 1 aromatic rings. The average molecular weight is 268 g/mol. The van der Waals surface area contributed by atoms with Crippen LogP contribution in [0, 0.1) is 17.1 Å². The van der Waals surface area contributed by atoms with Gasteiger partial charge in [0.05, 0.1) is 18.5 Å². The Morgan fingerprint density at radius 1 is 1.44 bits per heavy atom. The standard InChI is InChI=1S/C13H15ClFN3/c14-10-2-1-3-11(15)13(10)12(4-5-16)18-8-6-17-7-9-18/h1-3,12,17H,4,6-9H2/t12-/m1/s1. The lowest BCUT2D eigenvalue weighted by atomic mass is 10.0. The topological polar surface area (TPSA) is 39.1 Å². The summed E-state index contributed by atoms with van der Waals surface area (Å²) in [6, 6.07) is 6.53. The summed E-state index contributed by atoms with van der Waals surface area (Å²) in [7, 11) is 0. The Balaban J connectivity index is 2.31. The molecule has 1 aliphatic heterocycles. The minimum absolute atomic E-state index is 0.251. The van der Waals surface area contributed by atoms with Gasteiger partial charge in [-0.05, 0) is 12.1 Å². The summed E-state index contributed by atoms with van der Waals surface area (Å²) < 4.78 is 13.9. The summed E-state index contributed by atoms with van der Waals surface area (Å²) in [6.07, 6.45) is 0.251. The Labute approximate surface area is 111 Å². The fraction of sp³-hybridized carbons (Fsp3) is 0.462. The van der Waals surface area contributed by atoms with E-state index < -0.39 is 0 Å². The van der Waals surface area contributed by atoms with Crippen LogP contribution in [0.2, 0.25) is 5.02 Å². The molecule has 5 heteroatoms. The molecule has 0 amide bonds. The van der Waals surface area contributed by atoms with Crippen LogP contribution in [0.25, 0.3) is 0 Å². The van der Waals surface area contributed by atoms with Crippen LogP contribution in [0.15, 0.2) is 18.2 Å². The fourth-order valence-electron chi connectivity index (χ4n) is 2.32. The van der Waals surface area contributed by atoms with Crippen molar-refractivity contribution in [2.24, 2.45) is 0 Å². The molecular formula is C13H15ClFN3. The van der Waals surface area contributed by atoms with Crippen LogP contribution in [0.3, 0.4) is 0 Å². The summed E-state index contributed by atoms with van der Waals surface area (Å²) in [6.45, 7) is 3.32. The number of hydrogen-bond donors (Lipinski definition) is 1. The molecule has 1 fully saturated rings. The third-order valence-corrected chi connectivity index (χ3v) is 3.54. The van der Waals surface area contributed by atoms with E-state index in [1.165, 1.54) is 6.07 Å². The SMILES string of the molecule is N#CC[C@H](c1c(F)cccc1Cl)N1CCNCC1. The Hall–Kier alpha value is -1.15. The second-order valence-electron chi connectivity index (χ2n) is 4.30. The summed E-state index contributed by atoms with van der Waals surface area (Å²) in [5.74, 6) is -0.332. The van der Waals surface area contributed by atoms with Gasteiger partial charge in [-0.25, -0.2) is 4.39 Å². The maximum Gasteiger partial charge on any atom is 0.129 e. The van der Waals surface area contributed by atoms with E-state index in [9.17, 15) is 4.39 Å². The first kappa shape index (κ1) is 13.3. The van der Waals surface area contributed by atoms with Gasteiger partial charge in [0, 0.05) is 36.8 Å². The number of piperazine rings is 1. The van der Waals surface area contributed by atoms with Crippen molar-refractivity contribution in [1.29, 1.82) is 5.26 Å². The lowest BCUT2D eigenvalue weighted by molar-refractivity contribution is 0.172. The van der Waals surface area contributed by atoms with Gasteiger partial charge in [-0.15, -0.1) is 0 Å². The molecule has 18 heavy (non-hydrogen) atoms. The van der Waals surface area contributed by atoms with Crippen LogP contribution < -0.4 is 5.32 Å². The zero-order chi connectivity index (χ0) is 13.0. The van der Waals surface area contributed by atoms with Gasteiger partial charge < -0.3 is 5.32 Å². The highest BCUT2D eigenvalue weighted by Gasteiger charge is 2.26. The molecule has 1 heterocycles. The van der Waals surface area contributed by atoms with E-state index in [1.54, 1.807) is 12.1 Å². The predicted octanol–water partition coefficient (Wildman–Crippen LogP) is 2.34. The molecular weight excluding hydrogens is 253 g/mol. The molecule has 1 N–H and O–H groups in total. The number of hydrogen-bond acceptors (Lipinski definition) is 3. The summed E-state index contributed by atoms with van der Waals surface area (Å²) in [5, 5.41) is 12.6. The van der Waals surface area contributed by atoms with E-state index in [-0.39, 0.29) is 18.3 Å². The molecule has 0 aromatic heterocycles. The number of halogens is 2. The van der Waals surface area contributed by atoms with Crippen LogP contribution in [0.5, 0.6) is 0 Å². The third-order valence-electron chi connectivity index (χ3n) is 3.21. The molecule has 0 unspecified atom stereocenters. The van der Waals surface area contributed by atoms with Gasteiger partial charge in [0.25, 0.3) is 0 Å². The Morgan fingerprint density at radius 2 is 2.17 bits per heavy atom. The van der Waals surface area contributed by atoms with Crippen molar-refractivity contribution in [3.63, 3.8) is 0 Å². The first-order valence-corrected chi connectivity index (χ1v) is 6.37. The summed E-state index contributed by atoms with van der Waals surface area (Å²) in [4.78, 5) is 2.12. The lowest BCUT2D eigenvalue weighted by Crippen LogP contribution is -2.45. The zero-order valence-corrected chi connectivity index (χ0v) is 10.8. The molecule has 0 radical (unpaired) electrons. The first-order chi connectivity index (χ1) is 8.74. The van der Waals surface area contributed by atoms with Gasteiger partial charge in [0.2, 0.25) is 0 Å². The Morgan fingerprint density at radius 3 is 2.78 bits per heavy atom. The lowest BCUT2D eigenvalue weighted by Gasteiger charge is -2.34. The molecule has 2 rings (SSSR count). The highest BCUT2D eigenvalue weighted by Crippen LogP contribution is 2.32. The quantitative estimate of drug-likeness (QED) is 0.914. The van der Waals surface area contributed by atoms with Gasteiger partial charge in [-0.1, -0.05) is 17.7 Å². The number of nitrogens with one attached hydrogen (secondary N) is 1. The average Bonchev–Trinajstić information content (AvgIpc) is 2.38. The third kappa shape index (κ3) is 2.81. The number of nitrogens with zero attached hydrogens (tertiary/aromatic N) is 2. The van der Waals surface area contributed by atoms with E-state index in [4.69, 9.17) is 16.9 Å². The van der Waals surface area contributed by atoms with Crippen molar-refractivity contribution >= 4 is 11.6 Å². The Kier molecular flexibility index (Phi) is 4.54. The first-order valence-electron chi connectivity index (χ1n) is 5.99. The van der Waals surface area contributed by atoms with Gasteiger partial charge in [0.1, 0.15) is 5.82 Å². The number of nitriles is 1. The number of benzene rings is 1. The second-order valence-corrected chi connectivity index (χ2v) is 4.71. The fourth-order valence-corrected chi connectivity index (χ4v) is 2.61. The van der Waals surface area contributed by atoms with Crippen molar-refractivity contribution in [2.75, 3.05) is 26.2 Å².